The van der Waals surface area contributed by atoms with Crippen molar-refractivity contribution in [2.45, 2.75) is 19.6 Å². The molecule has 0 aliphatic heterocycles. The van der Waals surface area contributed by atoms with E-state index in [1.54, 1.807) is 0 Å². The van der Waals surface area contributed by atoms with Crippen molar-refractivity contribution in [3.05, 3.63) is 33.7 Å². The zero-order chi connectivity index (χ0) is 17.4. The second-order valence-corrected chi connectivity index (χ2v) is 5.10. The zero-order valence-electron chi connectivity index (χ0n) is 12.7. The Bertz CT molecular complexity index is 805. The Labute approximate surface area is 129 Å². The maximum Gasteiger partial charge on any atom is 0.418 e. The van der Waals surface area contributed by atoms with E-state index in [1.165, 1.54) is 17.7 Å². The van der Waals surface area contributed by atoms with Crippen LogP contribution in [-0.2, 0) is 19.8 Å². The second kappa shape index (κ2) is 6.07. The third-order valence-corrected chi connectivity index (χ3v) is 3.59. The lowest BCUT2D eigenvalue weighted by molar-refractivity contribution is -0.136. The van der Waals surface area contributed by atoms with Crippen LogP contribution in [0.15, 0.2) is 16.9 Å². The number of hydrogen-bond donors (Lipinski definition) is 2. The lowest BCUT2D eigenvalue weighted by atomic mass is 10.1. The number of carbonyl (C=O) groups is 1. The summed E-state index contributed by atoms with van der Waals surface area (Å²) < 4.78 is 42.0. The third-order valence-electron chi connectivity index (χ3n) is 3.59. The minimum absolute atomic E-state index is 0.0408. The molecule has 1 heterocycles. The van der Waals surface area contributed by atoms with Crippen LogP contribution >= 0.6 is 0 Å². The van der Waals surface area contributed by atoms with Crippen molar-refractivity contribution in [2.24, 2.45) is 12.8 Å². The number of carbonyl (C=O) groups excluding carboxylic acids is 1. The molecule has 0 spiro atoms. The standard InChI is InChI=1S/C14H17F3N4O2/c1-3-19-4-5-21-10-7-8(12(18)22)6-9(14(15,16)17)11(10)20(2)13(21)23/h6-7,19H,3-5H2,1-2H3,(H2,18,22). The van der Waals surface area contributed by atoms with Crippen LogP contribution in [-0.4, -0.2) is 28.1 Å². The molecule has 126 valence electrons. The van der Waals surface area contributed by atoms with Gasteiger partial charge in [0, 0.05) is 25.7 Å². The summed E-state index contributed by atoms with van der Waals surface area (Å²) in [7, 11) is 1.27. The molecule has 2 rings (SSSR count). The van der Waals surface area contributed by atoms with Gasteiger partial charge in [0.2, 0.25) is 5.91 Å². The summed E-state index contributed by atoms with van der Waals surface area (Å²) in [6.45, 7) is 3.14. The van der Waals surface area contributed by atoms with E-state index < -0.39 is 23.3 Å². The quantitative estimate of drug-likeness (QED) is 0.805. The molecule has 1 amide bonds. The minimum atomic E-state index is -4.71. The molecule has 0 saturated carbocycles. The van der Waals surface area contributed by atoms with Crippen molar-refractivity contribution in [1.82, 2.24) is 14.5 Å². The summed E-state index contributed by atoms with van der Waals surface area (Å²) in [6.07, 6.45) is -4.71. The first-order valence-corrected chi connectivity index (χ1v) is 6.99. The average Bonchev–Trinajstić information content (AvgIpc) is 2.70. The lowest BCUT2D eigenvalue weighted by Crippen LogP contribution is -2.27. The van der Waals surface area contributed by atoms with Crippen molar-refractivity contribution in [3.63, 3.8) is 0 Å². The van der Waals surface area contributed by atoms with E-state index in [-0.39, 0.29) is 23.1 Å². The number of alkyl halides is 3. The molecule has 0 saturated heterocycles. The topological polar surface area (TPSA) is 82.1 Å². The largest absolute Gasteiger partial charge is 0.418 e. The SMILES string of the molecule is CCNCCn1c(=O)n(C)c2c(C(F)(F)F)cc(C(N)=O)cc21. The van der Waals surface area contributed by atoms with E-state index in [0.29, 0.717) is 19.2 Å². The van der Waals surface area contributed by atoms with Gasteiger partial charge in [-0.1, -0.05) is 6.92 Å². The van der Waals surface area contributed by atoms with Crippen LogP contribution in [0.1, 0.15) is 22.8 Å². The van der Waals surface area contributed by atoms with Crippen molar-refractivity contribution >= 4 is 16.9 Å². The normalized spacial score (nSPS) is 12.0. The molecule has 0 bridgehead atoms. The molecule has 0 unspecified atom stereocenters. The first-order valence-electron chi connectivity index (χ1n) is 6.99. The number of nitrogens with two attached hydrogens (primary N) is 1. The molecular weight excluding hydrogens is 313 g/mol. The molecule has 1 aromatic heterocycles. The minimum Gasteiger partial charge on any atom is -0.366 e. The number of fused-ring (bicyclic) bond motifs is 1. The molecule has 0 atom stereocenters. The van der Waals surface area contributed by atoms with Crippen LogP contribution in [0, 0.1) is 0 Å². The van der Waals surface area contributed by atoms with Gasteiger partial charge in [0.05, 0.1) is 16.6 Å². The molecule has 6 nitrogen and oxygen atoms in total. The number of hydrogen-bond acceptors (Lipinski definition) is 3. The van der Waals surface area contributed by atoms with E-state index in [2.05, 4.69) is 5.32 Å². The van der Waals surface area contributed by atoms with Gasteiger partial charge < -0.3 is 11.1 Å². The number of imidazole rings is 1. The molecule has 1 aromatic carbocycles. The van der Waals surface area contributed by atoms with Crippen LogP contribution < -0.4 is 16.7 Å². The number of aromatic nitrogens is 2. The van der Waals surface area contributed by atoms with Gasteiger partial charge in [-0.3, -0.25) is 13.9 Å². The Kier molecular flexibility index (Phi) is 4.51. The molecule has 23 heavy (non-hydrogen) atoms. The van der Waals surface area contributed by atoms with Crippen molar-refractivity contribution in [3.8, 4) is 0 Å². The van der Waals surface area contributed by atoms with Crippen LogP contribution in [0.5, 0.6) is 0 Å². The monoisotopic (exact) mass is 330 g/mol. The summed E-state index contributed by atoms with van der Waals surface area (Å²) in [6, 6.07) is 1.90. The molecule has 0 radical (unpaired) electrons. The van der Waals surface area contributed by atoms with E-state index >= 15 is 0 Å². The second-order valence-electron chi connectivity index (χ2n) is 5.10. The molecule has 3 N–H and O–H groups in total. The predicted molar refractivity (Wildman–Crippen MR) is 79.2 cm³/mol. The van der Waals surface area contributed by atoms with Gasteiger partial charge in [-0.15, -0.1) is 0 Å². The van der Waals surface area contributed by atoms with E-state index in [1.807, 2.05) is 6.92 Å². The van der Waals surface area contributed by atoms with Gasteiger partial charge in [-0.25, -0.2) is 4.79 Å². The Morgan fingerprint density at radius 2 is 2.00 bits per heavy atom. The number of rotatable bonds is 5. The molecular formula is C14H17F3N4O2. The summed E-state index contributed by atoms with van der Waals surface area (Å²) in [5, 5.41) is 3.00. The zero-order valence-corrected chi connectivity index (χ0v) is 12.7. The Morgan fingerprint density at radius 1 is 1.35 bits per heavy atom. The Morgan fingerprint density at radius 3 is 2.52 bits per heavy atom. The van der Waals surface area contributed by atoms with Gasteiger partial charge in [0.15, 0.2) is 0 Å². The molecule has 2 aromatic rings. The highest BCUT2D eigenvalue weighted by atomic mass is 19.4. The van der Waals surface area contributed by atoms with Crippen molar-refractivity contribution in [1.29, 1.82) is 0 Å². The smallest absolute Gasteiger partial charge is 0.366 e. The molecule has 9 heteroatoms. The maximum atomic E-state index is 13.3. The third kappa shape index (κ3) is 3.09. The highest BCUT2D eigenvalue weighted by Gasteiger charge is 2.35. The van der Waals surface area contributed by atoms with Gasteiger partial charge in [-0.2, -0.15) is 13.2 Å². The number of primary amides is 1. The molecule has 0 aliphatic rings. The number of nitrogens with zero attached hydrogens (tertiary/aromatic N) is 2. The fraction of sp³-hybridized carbons (Fsp3) is 0.429. The molecule has 0 fully saturated rings. The number of halogens is 3. The van der Waals surface area contributed by atoms with Crippen LogP contribution in [0.25, 0.3) is 11.0 Å². The van der Waals surface area contributed by atoms with Crippen LogP contribution in [0.2, 0.25) is 0 Å². The summed E-state index contributed by atoms with van der Waals surface area (Å²) in [4.78, 5) is 23.6. The van der Waals surface area contributed by atoms with E-state index in [4.69, 9.17) is 5.73 Å². The maximum absolute atomic E-state index is 13.3. The van der Waals surface area contributed by atoms with Crippen LogP contribution in [0.3, 0.4) is 0 Å². The van der Waals surface area contributed by atoms with Gasteiger partial charge >= 0.3 is 11.9 Å². The van der Waals surface area contributed by atoms with Crippen molar-refractivity contribution < 1.29 is 18.0 Å². The first-order chi connectivity index (χ1) is 10.7. The lowest BCUT2D eigenvalue weighted by Gasteiger charge is -2.11. The number of benzene rings is 1. The Balaban J connectivity index is 2.79. The first kappa shape index (κ1) is 17.1. The number of likely N-dealkylation sites (N-methyl/N-ethyl adjacent to an activating group) is 1. The summed E-state index contributed by atoms with van der Waals surface area (Å²) >= 11 is 0. The predicted octanol–water partition coefficient (Wildman–Crippen LogP) is 1.07. The van der Waals surface area contributed by atoms with E-state index in [0.717, 1.165) is 4.57 Å². The fourth-order valence-electron chi connectivity index (χ4n) is 2.50. The Hall–Kier alpha value is -2.29. The van der Waals surface area contributed by atoms with Crippen LogP contribution in [0.4, 0.5) is 13.2 Å². The highest BCUT2D eigenvalue weighted by molar-refractivity contribution is 5.97. The van der Waals surface area contributed by atoms with Gasteiger partial charge in [0.25, 0.3) is 0 Å². The number of amides is 1. The fourth-order valence-corrected chi connectivity index (χ4v) is 2.50. The van der Waals surface area contributed by atoms with Gasteiger partial charge in [0.1, 0.15) is 0 Å². The number of aryl methyl sites for hydroxylation is 1. The van der Waals surface area contributed by atoms with E-state index in [9.17, 15) is 22.8 Å². The number of nitrogens with one attached hydrogen (secondary N) is 1. The summed E-state index contributed by atoms with van der Waals surface area (Å²) in [5.41, 5.74) is 2.99. The van der Waals surface area contributed by atoms with Gasteiger partial charge in [-0.05, 0) is 18.7 Å². The summed E-state index contributed by atoms with van der Waals surface area (Å²) in [5.74, 6) is -0.980. The molecule has 0 aliphatic carbocycles. The highest BCUT2D eigenvalue weighted by Crippen LogP contribution is 2.35. The average molecular weight is 330 g/mol. The van der Waals surface area contributed by atoms with Crippen molar-refractivity contribution in [2.75, 3.05) is 13.1 Å².